The first-order valence-electron chi connectivity index (χ1n) is 4.88. The van der Waals surface area contributed by atoms with Crippen molar-refractivity contribution in [3.63, 3.8) is 0 Å². The fraction of sp³-hybridized carbons (Fsp3) is 0.0769. The Kier molecular flexibility index (Phi) is 4.87. The number of carbonyl (C=O) groups excluding carboxylic acids is 2. The smallest absolute Gasteiger partial charge is 0.542 e. The van der Waals surface area contributed by atoms with Crippen molar-refractivity contribution in [3.05, 3.63) is 48.0 Å². The Balaban J connectivity index is 0.00000144. The molecular weight excluding hydrogens is 227 g/mol. The Morgan fingerprint density at radius 3 is 2.29 bits per heavy atom. The van der Waals surface area contributed by atoms with E-state index >= 15 is 0 Å². The predicted molar refractivity (Wildman–Crippen MR) is 57.7 cm³/mol. The number of fused-ring (bicyclic) bond motifs is 1. The molecule has 0 aliphatic heterocycles. The van der Waals surface area contributed by atoms with Crippen molar-refractivity contribution in [2.75, 3.05) is 0 Å². The molecule has 0 atom stereocenters. The first kappa shape index (κ1) is 13.9. The van der Waals surface area contributed by atoms with Crippen LogP contribution in [0, 0.1) is 0 Å². The van der Waals surface area contributed by atoms with Crippen LogP contribution >= 0.6 is 0 Å². The number of hydrogen-bond donors (Lipinski definition) is 0. The van der Waals surface area contributed by atoms with E-state index in [-0.39, 0.29) is 36.0 Å². The maximum absolute atomic E-state index is 11.0. The molecule has 2 aromatic rings. The van der Waals surface area contributed by atoms with E-state index in [0.29, 0.717) is 5.56 Å². The molecular formula is C13H9NaO3. The summed E-state index contributed by atoms with van der Waals surface area (Å²) in [6.07, 6.45) is -0.118. The molecule has 2 aromatic carbocycles. The molecule has 0 heterocycles. The molecule has 0 aliphatic rings. The van der Waals surface area contributed by atoms with E-state index in [9.17, 15) is 14.7 Å². The average Bonchev–Trinajstić information content (AvgIpc) is 2.28. The Bertz CT molecular complexity index is 563. The number of rotatable bonds is 3. The zero-order chi connectivity index (χ0) is 11.5. The summed E-state index contributed by atoms with van der Waals surface area (Å²) in [6.45, 7) is 0. The van der Waals surface area contributed by atoms with E-state index in [2.05, 4.69) is 0 Å². The van der Waals surface area contributed by atoms with Gasteiger partial charge in [-0.15, -0.1) is 0 Å². The molecule has 0 radical (unpaired) electrons. The Labute approximate surface area is 121 Å². The quantitative estimate of drug-likeness (QED) is 0.445. The van der Waals surface area contributed by atoms with Gasteiger partial charge in [0.2, 0.25) is 0 Å². The molecule has 0 saturated heterocycles. The van der Waals surface area contributed by atoms with Gasteiger partial charge in [-0.25, -0.2) is 0 Å². The van der Waals surface area contributed by atoms with Crippen molar-refractivity contribution in [1.29, 1.82) is 0 Å². The number of Topliss-reactive ketones (excluding diaryl/α,β-unsaturated/α-hetero) is 1. The normalized spacial score (nSPS) is 9.65. The summed E-state index contributed by atoms with van der Waals surface area (Å²) < 4.78 is 0. The number of carboxylic acids is 1. The van der Waals surface area contributed by atoms with Crippen LogP contribution in [-0.2, 0) is 16.0 Å². The Morgan fingerprint density at radius 2 is 1.65 bits per heavy atom. The van der Waals surface area contributed by atoms with Crippen molar-refractivity contribution in [2.45, 2.75) is 6.42 Å². The third-order valence-corrected chi connectivity index (χ3v) is 2.41. The first-order chi connectivity index (χ1) is 7.66. The van der Waals surface area contributed by atoms with Gasteiger partial charge >= 0.3 is 29.6 Å². The molecule has 4 heteroatoms. The molecule has 0 aliphatic carbocycles. The van der Waals surface area contributed by atoms with Gasteiger partial charge in [0.1, 0.15) is 5.97 Å². The summed E-state index contributed by atoms with van der Waals surface area (Å²) in [5, 5.41) is 12.4. The van der Waals surface area contributed by atoms with Gasteiger partial charge in [-0.3, -0.25) is 4.79 Å². The van der Waals surface area contributed by atoms with Crippen molar-refractivity contribution in [1.82, 2.24) is 0 Å². The zero-order valence-electron chi connectivity index (χ0n) is 9.47. The van der Waals surface area contributed by atoms with Gasteiger partial charge < -0.3 is 9.90 Å². The molecule has 0 N–H and O–H groups in total. The largest absolute Gasteiger partial charge is 1.00 e. The Morgan fingerprint density at radius 1 is 1.00 bits per heavy atom. The third kappa shape index (κ3) is 3.40. The minimum atomic E-state index is -1.63. The van der Waals surface area contributed by atoms with Crippen LogP contribution in [0.25, 0.3) is 10.8 Å². The van der Waals surface area contributed by atoms with Crippen LogP contribution in [0.4, 0.5) is 0 Å². The molecule has 0 unspecified atom stereocenters. The van der Waals surface area contributed by atoms with E-state index in [1.165, 1.54) is 0 Å². The summed E-state index contributed by atoms with van der Waals surface area (Å²) >= 11 is 0. The fourth-order valence-electron chi connectivity index (χ4n) is 1.61. The maximum Gasteiger partial charge on any atom is 1.00 e. The van der Waals surface area contributed by atoms with E-state index in [4.69, 9.17) is 0 Å². The number of aliphatic carboxylic acids is 1. The second kappa shape index (κ2) is 5.96. The zero-order valence-corrected chi connectivity index (χ0v) is 11.5. The van der Waals surface area contributed by atoms with Crippen LogP contribution in [0.15, 0.2) is 42.5 Å². The molecule has 0 saturated carbocycles. The number of ketones is 1. The van der Waals surface area contributed by atoms with Crippen LogP contribution in [0.3, 0.4) is 0 Å². The second-order valence-corrected chi connectivity index (χ2v) is 3.57. The summed E-state index contributed by atoms with van der Waals surface area (Å²) in [5.41, 5.74) is 0.688. The standard InChI is InChI=1S/C13H10O3.Na/c14-12(13(15)16)8-9-5-6-10-3-1-2-4-11(10)7-9;/h1-7H,8H2,(H,15,16);/q;+1/p-1. The van der Waals surface area contributed by atoms with Crippen LogP contribution < -0.4 is 34.7 Å². The average molecular weight is 236 g/mol. The third-order valence-electron chi connectivity index (χ3n) is 2.41. The van der Waals surface area contributed by atoms with Gasteiger partial charge in [-0.1, -0.05) is 42.5 Å². The van der Waals surface area contributed by atoms with Crippen LogP contribution in [-0.4, -0.2) is 11.8 Å². The summed E-state index contributed by atoms with van der Waals surface area (Å²) in [4.78, 5) is 21.3. The monoisotopic (exact) mass is 236 g/mol. The fourth-order valence-corrected chi connectivity index (χ4v) is 1.61. The number of hydrogen-bond acceptors (Lipinski definition) is 3. The van der Waals surface area contributed by atoms with E-state index in [1.807, 2.05) is 36.4 Å². The van der Waals surface area contributed by atoms with Gasteiger partial charge in [0.05, 0.1) is 0 Å². The van der Waals surface area contributed by atoms with E-state index in [0.717, 1.165) is 10.8 Å². The van der Waals surface area contributed by atoms with E-state index < -0.39 is 11.8 Å². The van der Waals surface area contributed by atoms with Gasteiger partial charge in [0.15, 0.2) is 5.78 Å². The van der Waals surface area contributed by atoms with Crippen molar-refractivity contribution in [3.8, 4) is 0 Å². The SMILES string of the molecule is O=C([O-])C(=O)Cc1ccc2ccccc2c1.[Na+]. The van der Waals surface area contributed by atoms with Gasteiger partial charge in [-0.2, -0.15) is 0 Å². The number of carbonyl (C=O) groups is 2. The molecule has 0 bridgehead atoms. The topological polar surface area (TPSA) is 57.2 Å². The molecule has 80 valence electrons. The molecule has 0 aromatic heterocycles. The second-order valence-electron chi connectivity index (χ2n) is 3.57. The van der Waals surface area contributed by atoms with Crippen molar-refractivity contribution < 1.29 is 44.3 Å². The summed E-state index contributed by atoms with van der Waals surface area (Å²) in [5.74, 6) is -2.52. The molecule has 0 fully saturated rings. The molecule has 2 rings (SSSR count). The van der Waals surface area contributed by atoms with Crippen LogP contribution in [0.2, 0.25) is 0 Å². The number of carboxylic acid groups (broad SMARTS) is 1. The maximum atomic E-state index is 11.0. The minimum absolute atomic E-state index is 0. The van der Waals surface area contributed by atoms with Crippen LogP contribution in [0.1, 0.15) is 5.56 Å². The molecule has 3 nitrogen and oxygen atoms in total. The first-order valence-corrected chi connectivity index (χ1v) is 4.88. The van der Waals surface area contributed by atoms with E-state index in [1.54, 1.807) is 6.07 Å². The van der Waals surface area contributed by atoms with Crippen molar-refractivity contribution >= 4 is 22.5 Å². The summed E-state index contributed by atoms with van der Waals surface area (Å²) in [7, 11) is 0. The summed E-state index contributed by atoms with van der Waals surface area (Å²) in [6, 6.07) is 13.1. The van der Waals surface area contributed by atoms with Crippen molar-refractivity contribution in [2.24, 2.45) is 0 Å². The van der Waals surface area contributed by atoms with Crippen LogP contribution in [0.5, 0.6) is 0 Å². The molecule has 0 spiro atoms. The molecule has 0 amide bonds. The molecule has 17 heavy (non-hydrogen) atoms. The Hall–Kier alpha value is -1.16. The van der Waals surface area contributed by atoms with Gasteiger partial charge in [0.25, 0.3) is 0 Å². The minimum Gasteiger partial charge on any atom is -0.542 e. The number of benzene rings is 2. The van der Waals surface area contributed by atoms with Gasteiger partial charge in [0, 0.05) is 6.42 Å². The van der Waals surface area contributed by atoms with Gasteiger partial charge in [-0.05, 0) is 16.3 Å². The predicted octanol–water partition coefficient (Wildman–Crippen LogP) is -2.29.